The fourth-order valence-electron chi connectivity index (χ4n) is 1.14. The molecule has 2 atom stereocenters. The van der Waals surface area contributed by atoms with E-state index in [0.29, 0.717) is 6.54 Å². The third-order valence-corrected chi connectivity index (χ3v) is 2.15. The van der Waals surface area contributed by atoms with Gasteiger partial charge < -0.3 is 20.6 Å². The van der Waals surface area contributed by atoms with Gasteiger partial charge >= 0.3 is 0 Å². The molecule has 0 heterocycles. The van der Waals surface area contributed by atoms with E-state index in [4.69, 9.17) is 15.3 Å². The van der Waals surface area contributed by atoms with Gasteiger partial charge in [-0.3, -0.25) is 4.79 Å². The fraction of sp³-hybridized carbons (Fsp3) is 0.900. The Morgan fingerprint density at radius 3 is 2.47 bits per heavy atom. The van der Waals surface area contributed by atoms with E-state index in [1.54, 1.807) is 0 Å². The van der Waals surface area contributed by atoms with Crippen molar-refractivity contribution < 1.29 is 20.1 Å². The average Bonchev–Trinajstić information content (AvgIpc) is 2.26. The predicted octanol–water partition coefficient (Wildman–Crippen LogP) is -0.603. The molecule has 0 radical (unpaired) electrons. The molecule has 0 aromatic rings. The first kappa shape index (κ1) is 14.3. The Balaban J connectivity index is 3.56. The summed E-state index contributed by atoms with van der Waals surface area (Å²) in [5, 5.41) is 29.1. The van der Waals surface area contributed by atoms with Crippen molar-refractivity contribution in [1.29, 1.82) is 0 Å². The number of amides is 1. The predicted molar refractivity (Wildman–Crippen MR) is 56.3 cm³/mol. The van der Waals surface area contributed by atoms with E-state index in [2.05, 4.69) is 12.2 Å². The topological polar surface area (TPSA) is 89.8 Å². The molecule has 0 saturated carbocycles. The van der Waals surface area contributed by atoms with Crippen LogP contribution in [0.2, 0.25) is 0 Å². The van der Waals surface area contributed by atoms with E-state index in [-0.39, 0.29) is 0 Å². The van der Waals surface area contributed by atoms with Crippen LogP contribution in [0.25, 0.3) is 0 Å². The van der Waals surface area contributed by atoms with E-state index in [1.807, 2.05) is 0 Å². The van der Waals surface area contributed by atoms with Gasteiger partial charge in [-0.15, -0.1) is 0 Å². The van der Waals surface area contributed by atoms with E-state index < -0.39 is 24.7 Å². The number of aliphatic hydroxyl groups excluding tert-OH is 3. The number of hydrogen-bond donors (Lipinski definition) is 4. The average molecular weight is 219 g/mol. The van der Waals surface area contributed by atoms with Crippen LogP contribution in [-0.2, 0) is 4.79 Å². The lowest BCUT2D eigenvalue weighted by molar-refractivity contribution is -0.136. The minimum atomic E-state index is -1.54. The van der Waals surface area contributed by atoms with Gasteiger partial charge in [0.05, 0.1) is 6.61 Å². The van der Waals surface area contributed by atoms with E-state index in [0.717, 1.165) is 25.7 Å². The summed E-state index contributed by atoms with van der Waals surface area (Å²) in [7, 11) is 0. The second-order valence-electron chi connectivity index (χ2n) is 3.55. The van der Waals surface area contributed by atoms with Gasteiger partial charge in [0, 0.05) is 6.54 Å². The highest BCUT2D eigenvalue weighted by atomic mass is 16.4. The summed E-state index contributed by atoms with van der Waals surface area (Å²) in [5.74, 6) is -0.631. The van der Waals surface area contributed by atoms with Gasteiger partial charge in [-0.2, -0.15) is 0 Å². The molecular formula is C10H21NO4. The zero-order chi connectivity index (χ0) is 11.7. The summed E-state index contributed by atoms with van der Waals surface area (Å²) in [6.45, 7) is 1.97. The Morgan fingerprint density at radius 2 is 1.93 bits per heavy atom. The molecule has 5 heteroatoms. The molecule has 0 spiro atoms. The number of rotatable bonds is 8. The van der Waals surface area contributed by atoms with Crippen LogP contribution in [0.5, 0.6) is 0 Å². The van der Waals surface area contributed by atoms with Crippen LogP contribution in [-0.4, -0.2) is 46.6 Å². The van der Waals surface area contributed by atoms with Crippen molar-refractivity contribution >= 4 is 5.91 Å². The Morgan fingerprint density at radius 1 is 1.27 bits per heavy atom. The maximum Gasteiger partial charge on any atom is 0.251 e. The molecule has 0 aliphatic heterocycles. The smallest absolute Gasteiger partial charge is 0.251 e. The maximum atomic E-state index is 11.1. The molecule has 0 rings (SSSR count). The lowest BCUT2D eigenvalue weighted by atomic mass is 10.2. The minimum absolute atomic E-state index is 0.494. The van der Waals surface area contributed by atoms with Gasteiger partial charge in [0.15, 0.2) is 6.10 Å². The first-order valence-corrected chi connectivity index (χ1v) is 5.38. The van der Waals surface area contributed by atoms with Gasteiger partial charge in [0.25, 0.3) is 5.91 Å². The molecule has 0 unspecified atom stereocenters. The summed E-state index contributed by atoms with van der Waals surface area (Å²) in [4.78, 5) is 11.1. The zero-order valence-electron chi connectivity index (χ0n) is 9.15. The first-order chi connectivity index (χ1) is 7.13. The van der Waals surface area contributed by atoms with Crippen LogP contribution in [0.1, 0.15) is 32.6 Å². The summed E-state index contributed by atoms with van der Waals surface area (Å²) in [5.41, 5.74) is 0. The van der Waals surface area contributed by atoms with E-state index in [1.165, 1.54) is 0 Å². The first-order valence-electron chi connectivity index (χ1n) is 5.38. The number of aliphatic hydroxyl groups is 3. The Hall–Kier alpha value is -0.650. The highest BCUT2D eigenvalue weighted by Gasteiger charge is 2.22. The molecule has 0 saturated heterocycles. The molecule has 5 nitrogen and oxygen atoms in total. The Bertz CT molecular complexity index is 175. The molecular weight excluding hydrogens is 198 g/mol. The summed E-state index contributed by atoms with van der Waals surface area (Å²) < 4.78 is 0. The highest BCUT2D eigenvalue weighted by Crippen LogP contribution is 1.98. The van der Waals surface area contributed by atoms with Crippen molar-refractivity contribution in [3.8, 4) is 0 Å². The second-order valence-corrected chi connectivity index (χ2v) is 3.55. The number of nitrogens with one attached hydrogen (secondary N) is 1. The molecule has 4 N–H and O–H groups in total. The van der Waals surface area contributed by atoms with Crippen molar-refractivity contribution in [1.82, 2.24) is 5.32 Å². The van der Waals surface area contributed by atoms with Gasteiger partial charge in [-0.05, 0) is 6.42 Å². The van der Waals surface area contributed by atoms with Crippen LogP contribution in [0.15, 0.2) is 0 Å². The van der Waals surface area contributed by atoms with Crippen molar-refractivity contribution in [2.45, 2.75) is 44.8 Å². The normalized spacial score (nSPS) is 14.7. The lowest BCUT2D eigenvalue weighted by Crippen LogP contribution is -2.43. The maximum absolute atomic E-state index is 11.1. The summed E-state index contributed by atoms with van der Waals surface area (Å²) >= 11 is 0. The Kier molecular flexibility index (Phi) is 8.27. The molecule has 15 heavy (non-hydrogen) atoms. The summed E-state index contributed by atoms with van der Waals surface area (Å²) in [6.07, 6.45) is 1.20. The van der Waals surface area contributed by atoms with Gasteiger partial charge in [0.1, 0.15) is 6.10 Å². The van der Waals surface area contributed by atoms with E-state index >= 15 is 0 Å². The van der Waals surface area contributed by atoms with Crippen molar-refractivity contribution in [2.24, 2.45) is 0 Å². The lowest BCUT2D eigenvalue weighted by Gasteiger charge is -2.15. The molecule has 1 amide bonds. The molecule has 0 bridgehead atoms. The SMILES string of the molecule is CCCCCCNC(=O)[C@H](O)[C@H](O)CO. The van der Waals surface area contributed by atoms with Crippen LogP contribution in [0.4, 0.5) is 0 Å². The quantitative estimate of drug-likeness (QED) is 0.410. The van der Waals surface area contributed by atoms with Gasteiger partial charge in [0.2, 0.25) is 0 Å². The van der Waals surface area contributed by atoms with Gasteiger partial charge in [-0.25, -0.2) is 0 Å². The van der Waals surface area contributed by atoms with Crippen molar-refractivity contribution in [3.63, 3.8) is 0 Å². The molecule has 0 aromatic heterocycles. The zero-order valence-corrected chi connectivity index (χ0v) is 9.15. The third-order valence-electron chi connectivity index (χ3n) is 2.15. The second kappa shape index (κ2) is 8.64. The van der Waals surface area contributed by atoms with Crippen molar-refractivity contribution in [3.05, 3.63) is 0 Å². The number of carbonyl (C=O) groups is 1. The van der Waals surface area contributed by atoms with Gasteiger partial charge in [-0.1, -0.05) is 26.2 Å². The molecule has 0 aliphatic carbocycles. The third kappa shape index (κ3) is 6.43. The molecule has 0 aromatic carbocycles. The number of hydrogen-bond acceptors (Lipinski definition) is 4. The monoisotopic (exact) mass is 219 g/mol. The molecule has 0 aliphatic rings. The fourth-order valence-corrected chi connectivity index (χ4v) is 1.14. The van der Waals surface area contributed by atoms with Crippen LogP contribution >= 0.6 is 0 Å². The standard InChI is InChI=1S/C10H21NO4/c1-2-3-4-5-6-11-10(15)9(14)8(13)7-12/h8-9,12-14H,2-7H2,1H3,(H,11,15)/t8-,9-/m1/s1. The molecule has 90 valence electrons. The van der Waals surface area contributed by atoms with Crippen molar-refractivity contribution in [2.75, 3.05) is 13.2 Å². The number of carbonyl (C=O) groups excluding carboxylic acids is 1. The highest BCUT2D eigenvalue weighted by molar-refractivity contribution is 5.81. The Labute approximate surface area is 90.1 Å². The van der Waals surface area contributed by atoms with Crippen LogP contribution < -0.4 is 5.32 Å². The largest absolute Gasteiger partial charge is 0.394 e. The minimum Gasteiger partial charge on any atom is -0.394 e. The molecule has 0 fully saturated rings. The van der Waals surface area contributed by atoms with Crippen LogP contribution in [0.3, 0.4) is 0 Å². The summed E-state index contributed by atoms with van der Waals surface area (Å²) in [6, 6.07) is 0. The van der Waals surface area contributed by atoms with E-state index in [9.17, 15) is 4.79 Å². The van der Waals surface area contributed by atoms with Crippen LogP contribution in [0, 0.1) is 0 Å². The number of unbranched alkanes of at least 4 members (excludes halogenated alkanes) is 3.